The summed E-state index contributed by atoms with van der Waals surface area (Å²) in [6, 6.07) is 5.03. The minimum Gasteiger partial charge on any atom is -0.375 e. The summed E-state index contributed by atoms with van der Waals surface area (Å²) in [5.74, 6) is 0. The molecule has 3 nitrogen and oxygen atoms in total. The van der Waals surface area contributed by atoms with Crippen molar-refractivity contribution < 1.29 is 0 Å². The SMILES string of the molecule is CN[C@@H]1Cc2cc3nc(N)sc3cc2C1. The van der Waals surface area contributed by atoms with E-state index in [0.717, 1.165) is 18.4 Å². The number of hydrogen-bond acceptors (Lipinski definition) is 4. The summed E-state index contributed by atoms with van der Waals surface area (Å²) >= 11 is 1.57. The molecule has 0 bridgehead atoms. The van der Waals surface area contributed by atoms with Gasteiger partial charge in [-0.15, -0.1) is 0 Å². The molecule has 0 unspecified atom stereocenters. The molecule has 1 heterocycles. The van der Waals surface area contributed by atoms with Crippen molar-refractivity contribution in [2.24, 2.45) is 0 Å². The predicted molar refractivity (Wildman–Crippen MR) is 64.3 cm³/mol. The van der Waals surface area contributed by atoms with E-state index in [9.17, 15) is 0 Å². The van der Waals surface area contributed by atoms with Crippen LogP contribution in [-0.4, -0.2) is 18.1 Å². The molecule has 0 spiro atoms. The lowest BCUT2D eigenvalue weighted by atomic mass is 10.1. The molecule has 15 heavy (non-hydrogen) atoms. The highest BCUT2D eigenvalue weighted by Crippen LogP contribution is 2.31. The van der Waals surface area contributed by atoms with Crippen LogP contribution in [0, 0.1) is 0 Å². The third kappa shape index (κ3) is 1.41. The quantitative estimate of drug-likeness (QED) is 0.765. The molecule has 2 aromatic rings. The van der Waals surface area contributed by atoms with Crippen molar-refractivity contribution in [1.29, 1.82) is 0 Å². The first-order valence-corrected chi connectivity index (χ1v) is 5.93. The standard InChI is InChI=1S/C11H13N3S/c1-13-8-2-6-4-9-10(5-7(6)3-8)15-11(12)14-9/h4-5,8,13H,2-3H2,1H3,(H2,12,14)/t8-/m1/s1. The molecule has 1 aromatic heterocycles. The minimum absolute atomic E-state index is 0.592. The van der Waals surface area contributed by atoms with Crippen LogP contribution in [0.25, 0.3) is 10.2 Å². The highest BCUT2D eigenvalue weighted by atomic mass is 32.1. The van der Waals surface area contributed by atoms with E-state index in [2.05, 4.69) is 22.4 Å². The highest BCUT2D eigenvalue weighted by molar-refractivity contribution is 7.22. The van der Waals surface area contributed by atoms with Crippen molar-refractivity contribution in [3.8, 4) is 0 Å². The van der Waals surface area contributed by atoms with Gasteiger partial charge in [0.15, 0.2) is 5.13 Å². The van der Waals surface area contributed by atoms with Crippen LogP contribution in [0.4, 0.5) is 5.13 Å². The van der Waals surface area contributed by atoms with Gasteiger partial charge in [0.2, 0.25) is 0 Å². The van der Waals surface area contributed by atoms with E-state index < -0.39 is 0 Å². The molecule has 1 aromatic carbocycles. The molecule has 4 heteroatoms. The summed E-state index contributed by atoms with van der Waals surface area (Å²) in [5, 5.41) is 3.99. The molecule has 0 saturated heterocycles. The zero-order chi connectivity index (χ0) is 10.4. The Morgan fingerprint density at radius 3 is 2.87 bits per heavy atom. The number of thiazole rings is 1. The summed E-state index contributed by atoms with van der Waals surface area (Å²) in [6.07, 6.45) is 2.23. The van der Waals surface area contributed by atoms with Crippen molar-refractivity contribution >= 4 is 26.7 Å². The topological polar surface area (TPSA) is 50.9 Å². The van der Waals surface area contributed by atoms with E-state index in [4.69, 9.17) is 5.73 Å². The van der Waals surface area contributed by atoms with Gasteiger partial charge in [-0.05, 0) is 43.1 Å². The summed E-state index contributed by atoms with van der Waals surface area (Å²) in [5.41, 5.74) is 9.62. The van der Waals surface area contributed by atoms with E-state index >= 15 is 0 Å². The van der Waals surface area contributed by atoms with Gasteiger partial charge in [0.1, 0.15) is 0 Å². The fourth-order valence-electron chi connectivity index (χ4n) is 2.26. The van der Waals surface area contributed by atoms with Gasteiger partial charge in [-0.2, -0.15) is 0 Å². The first-order valence-electron chi connectivity index (χ1n) is 5.11. The van der Waals surface area contributed by atoms with Gasteiger partial charge in [-0.25, -0.2) is 4.98 Å². The monoisotopic (exact) mass is 219 g/mol. The zero-order valence-electron chi connectivity index (χ0n) is 8.58. The molecular formula is C11H13N3S. The first kappa shape index (κ1) is 9.12. The van der Waals surface area contributed by atoms with Crippen LogP contribution in [0.15, 0.2) is 12.1 Å². The minimum atomic E-state index is 0.592. The van der Waals surface area contributed by atoms with E-state index in [1.165, 1.54) is 15.8 Å². The second-order valence-electron chi connectivity index (χ2n) is 4.03. The van der Waals surface area contributed by atoms with Crippen LogP contribution in [0.3, 0.4) is 0 Å². The van der Waals surface area contributed by atoms with Gasteiger partial charge >= 0.3 is 0 Å². The van der Waals surface area contributed by atoms with Gasteiger partial charge in [0.25, 0.3) is 0 Å². The van der Waals surface area contributed by atoms with Gasteiger partial charge in [-0.3, -0.25) is 0 Å². The van der Waals surface area contributed by atoms with Crippen LogP contribution < -0.4 is 11.1 Å². The Hall–Kier alpha value is -1.13. The molecule has 0 amide bonds. The van der Waals surface area contributed by atoms with Gasteiger partial charge in [-0.1, -0.05) is 11.3 Å². The summed E-state index contributed by atoms with van der Waals surface area (Å²) in [6.45, 7) is 0. The number of nitrogens with one attached hydrogen (secondary N) is 1. The van der Waals surface area contributed by atoms with Crippen molar-refractivity contribution in [3.63, 3.8) is 0 Å². The van der Waals surface area contributed by atoms with Gasteiger partial charge < -0.3 is 11.1 Å². The molecule has 1 aliphatic rings. The normalized spacial score (nSPS) is 19.7. The lowest BCUT2D eigenvalue weighted by Crippen LogP contribution is -2.24. The molecule has 0 saturated carbocycles. The molecule has 3 rings (SSSR count). The molecular weight excluding hydrogens is 206 g/mol. The number of nitrogens with two attached hydrogens (primary N) is 1. The highest BCUT2D eigenvalue weighted by Gasteiger charge is 2.21. The predicted octanol–water partition coefficient (Wildman–Crippen LogP) is 1.57. The molecule has 0 aliphatic heterocycles. The van der Waals surface area contributed by atoms with Crippen LogP contribution in [0.5, 0.6) is 0 Å². The second kappa shape index (κ2) is 3.18. The number of likely N-dealkylation sites (N-methyl/N-ethyl adjacent to an activating group) is 1. The lowest BCUT2D eigenvalue weighted by Gasteiger charge is -2.04. The number of nitrogen functional groups attached to an aromatic ring is 1. The number of benzene rings is 1. The van der Waals surface area contributed by atoms with Crippen molar-refractivity contribution in [3.05, 3.63) is 23.3 Å². The third-order valence-corrected chi connectivity index (χ3v) is 3.91. The van der Waals surface area contributed by atoms with E-state index in [-0.39, 0.29) is 0 Å². The number of rotatable bonds is 1. The van der Waals surface area contributed by atoms with Crippen LogP contribution >= 0.6 is 11.3 Å². The second-order valence-corrected chi connectivity index (χ2v) is 5.10. The van der Waals surface area contributed by atoms with E-state index in [0.29, 0.717) is 11.2 Å². The Morgan fingerprint density at radius 2 is 2.13 bits per heavy atom. The maximum Gasteiger partial charge on any atom is 0.181 e. The molecule has 1 atom stereocenters. The Kier molecular flexibility index (Phi) is 1.94. The fraction of sp³-hybridized carbons (Fsp3) is 0.364. The lowest BCUT2D eigenvalue weighted by molar-refractivity contribution is 0.593. The van der Waals surface area contributed by atoms with Crippen molar-refractivity contribution in [2.75, 3.05) is 12.8 Å². The van der Waals surface area contributed by atoms with Crippen LogP contribution in [0.1, 0.15) is 11.1 Å². The zero-order valence-corrected chi connectivity index (χ0v) is 9.40. The smallest absolute Gasteiger partial charge is 0.181 e. The van der Waals surface area contributed by atoms with Crippen molar-refractivity contribution in [1.82, 2.24) is 10.3 Å². The van der Waals surface area contributed by atoms with Crippen LogP contribution in [-0.2, 0) is 12.8 Å². The van der Waals surface area contributed by atoms with Crippen LogP contribution in [0.2, 0.25) is 0 Å². The third-order valence-electron chi connectivity index (χ3n) is 3.07. The van der Waals surface area contributed by atoms with E-state index in [1.54, 1.807) is 11.3 Å². The summed E-state index contributed by atoms with van der Waals surface area (Å²) in [7, 11) is 2.02. The first-order chi connectivity index (χ1) is 7.26. The van der Waals surface area contributed by atoms with Gasteiger partial charge in [0, 0.05) is 6.04 Å². The Bertz CT molecular complexity index is 475. The Labute approximate surface area is 92.3 Å². The number of hydrogen-bond donors (Lipinski definition) is 2. The Balaban J connectivity index is 2.12. The van der Waals surface area contributed by atoms with Crippen molar-refractivity contribution in [2.45, 2.75) is 18.9 Å². The Morgan fingerprint density at radius 1 is 1.40 bits per heavy atom. The summed E-state index contributed by atoms with van der Waals surface area (Å²) in [4.78, 5) is 4.32. The number of aromatic nitrogens is 1. The maximum atomic E-state index is 5.70. The fourth-order valence-corrected chi connectivity index (χ4v) is 3.04. The molecule has 3 N–H and O–H groups in total. The largest absolute Gasteiger partial charge is 0.375 e. The number of anilines is 1. The van der Waals surface area contributed by atoms with E-state index in [1.807, 2.05) is 7.05 Å². The molecule has 78 valence electrons. The molecule has 0 fully saturated rings. The summed E-state index contributed by atoms with van der Waals surface area (Å²) < 4.78 is 1.21. The average Bonchev–Trinajstić information content (AvgIpc) is 2.74. The maximum absolute atomic E-state index is 5.70. The van der Waals surface area contributed by atoms with Gasteiger partial charge in [0.05, 0.1) is 10.2 Å². The number of fused-ring (bicyclic) bond motifs is 2. The molecule has 1 aliphatic carbocycles. The molecule has 0 radical (unpaired) electrons. The number of nitrogens with zero attached hydrogens (tertiary/aromatic N) is 1. The average molecular weight is 219 g/mol.